The molecule has 4 aromatic rings. The first kappa shape index (κ1) is 24.5. The van der Waals surface area contributed by atoms with Gasteiger partial charge in [-0.25, -0.2) is 4.79 Å². The minimum Gasteiger partial charge on any atom is -0.492 e. The van der Waals surface area contributed by atoms with Gasteiger partial charge in [-0.05, 0) is 68.4 Å². The number of ether oxygens (including phenoxy) is 2. The molecule has 4 rings (SSSR count). The van der Waals surface area contributed by atoms with Crippen molar-refractivity contribution in [2.75, 3.05) is 6.61 Å². The molecular weight excluding hydrogens is 490 g/mol. The number of rotatable bonds is 9. The topological polar surface area (TPSA) is 94.8 Å². The molecule has 0 radical (unpaired) electrons. The minimum atomic E-state index is -1.35. The molecule has 35 heavy (non-hydrogen) atoms. The molecule has 0 aliphatic carbocycles. The van der Waals surface area contributed by atoms with E-state index < -0.39 is 11.6 Å². The summed E-state index contributed by atoms with van der Waals surface area (Å²) in [5, 5.41) is 9.65. The van der Waals surface area contributed by atoms with Gasteiger partial charge in [-0.1, -0.05) is 35.1 Å². The summed E-state index contributed by atoms with van der Waals surface area (Å²) in [6, 6.07) is 18.5. The summed E-state index contributed by atoms with van der Waals surface area (Å²) in [5.41, 5.74) is 0.353. The van der Waals surface area contributed by atoms with Gasteiger partial charge in [0.25, 0.3) is 0 Å². The van der Waals surface area contributed by atoms with E-state index in [0.29, 0.717) is 38.9 Å². The first-order chi connectivity index (χ1) is 16.6. The van der Waals surface area contributed by atoms with Crippen LogP contribution in [0.15, 0.2) is 71.5 Å². The Morgan fingerprint density at radius 2 is 1.69 bits per heavy atom. The fourth-order valence-corrected chi connectivity index (χ4v) is 4.56. The second kappa shape index (κ2) is 9.93. The number of hydrogen-bond acceptors (Lipinski definition) is 6. The zero-order valence-electron chi connectivity index (χ0n) is 19.0. The summed E-state index contributed by atoms with van der Waals surface area (Å²) in [6.07, 6.45) is 0. The van der Waals surface area contributed by atoms with Crippen LogP contribution in [0.4, 0.5) is 0 Å². The summed E-state index contributed by atoms with van der Waals surface area (Å²) < 4.78 is 13.6. The molecule has 0 saturated carbocycles. The SMILES string of the molecule is CC(C)(Oc1ccc(OCCn2c(=O)sc3cc(C(=O)c4cccc(Cl)c4)ccc32)cc1)C(=O)O. The highest BCUT2D eigenvalue weighted by molar-refractivity contribution is 7.16. The molecule has 1 N–H and O–H groups in total. The Balaban J connectivity index is 1.43. The molecule has 0 bridgehead atoms. The molecule has 0 amide bonds. The van der Waals surface area contributed by atoms with Crippen LogP contribution in [0.5, 0.6) is 11.5 Å². The third-order valence-corrected chi connectivity index (χ3v) is 6.49. The van der Waals surface area contributed by atoms with Crippen molar-refractivity contribution >= 4 is 44.9 Å². The summed E-state index contributed by atoms with van der Waals surface area (Å²) in [6.45, 7) is 3.51. The van der Waals surface area contributed by atoms with E-state index in [1.54, 1.807) is 71.3 Å². The second-order valence-electron chi connectivity index (χ2n) is 8.28. The number of nitrogens with zero attached hydrogens (tertiary/aromatic N) is 1. The van der Waals surface area contributed by atoms with Crippen molar-refractivity contribution < 1.29 is 24.2 Å². The van der Waals surface area contributed by atoms with Crippen LogP contribution in [0, 0.1) is 0 Å². The molecule has 1 heterocycles. The normalized spacial score (nSPS) is 11.4. The van der Waals surface area contributed by atoms with Crippen LogP contribution in [0.1, 0.15) is 29.8 Å². The van der Waals surface area contributed by atoms with E-state index in [1.165, 1.54) is 13.8 Å². The molecule has 1 aromatic heterocycles. The molecule has 0 unspecified atom stereocenters. The Morgan fingerprint density at radius 1 is 1.00 bits per heavy atom. The number of carbonyl (C=O) groups is 2. The van der Waals surface area contributed by atoms with Crippen LogP contribution in [-0.2, 0) is 11.3 Å². The van der Waals surface area contributed by atoms with E-state index in [1.807, 2.05) is 0 Å². The minimum absolute atomic E-state index is 0.143. The molecular formula is C26H22ClNO6S. The Bertz CT molecular complexity index is 1450. The number of aliphatic carboxylic acids is 1. The molecule has 0 aliphatic rings. The van der Waals surface area contributed by atoms with E-state index in [9.17, 15) is 14.4 Å². The fraction of sp³-hybridized carbons (Fsp3) is 0.192. The zero-order valence-corrected chi connectivity index (χ0v) is 20.6. The molecule has 180 valence electrons. The third kappa shape index (κ3) is 5.55. The predicted molar refractivity (Wildman–Crippen MR) is 135 cm³/mol. The molecule has 0 fully saturated rings. The molecule has 0 spiro atoms. The summed E-state index contributed by atoms with van der Waals surface area (Å²) in [7, 11) is 0. The Labute approximate surface area is 210 Å². The van der Waals surface area contributed by atoms with Crippen molar-refractivity contribution in [3.8, 4) is 11.5 Å². The summed E-state index contributed by atoms with van der Waals surface area (Å²) in [5.74, 6) is -0.253. The molecule has 0 atom stereocenters. The highest BCUT2D eigenvalue weighted by Gasteiger charge is 2.29. The second-order valence-corrected chi connectivity index (χ2v) is 9.71. The van der Waals surface area contributed by atoms with Gasteiger partial charge in [0, 0.05) is 16.1 Å². The number of aromatic nitrogens is 1. The lowest BCUT2D eigenvalue weighted by Gasteiger charge is -2.21. The average Bonchev–Trinajstić information content (AvgIpc) is 3.13. The number of carboxylic acid groups (broad SMARTS) is 1. The van der Waals surface area contributed by atoms with E-state index >= 15 is 0 Å². The van der Waals surface area contributed by atoms with Gasteiger partial charge >= 0.3 is 10.8 Å². The molecule has 9 heteroatoms. The number of thiazole rings is 1. The molecule has 3 aromatic carbocycles. The lowest BCUT2D eigenvalue weighted by molar-refractivity contribution is -0.152. The van der Waals surface area contributed by atoms with Crippen molar-refractivity contribution in [1.82, 2.24) is 4.57 Å². The van der Waals surface area contributed by atoms with Gasteiger partial charge in [-0.2, -0.15) is 0 Å². The number of hydrogen-bond donors (Lipinski definition) is 1. The van der Waals surface area contributed by atoms with Gasteiger partial charge in [-0.15, -0.1) is 0 Å². The van der Waals surface area contributed by atoms with Crippen molar-refractivity contribution in [1.29, 1.82) is 0 Å². The van der Waals surface area contributed by atoms with Crippen molar-refractivity contribution in [3.05, 3.63) is 92.5 Å². The van der Waals surface area contributed by atoms with E-state index in [4.69, 9.17) is 26.2 Å². The number of carboxylic acids is 1. The Hall–Kier alpha value is -3.62. The number of carbonyl (C=O) groups excluding carboxylic acids is 1. The van der Waals surface area contributed by atoms with Gasteiger partial charge in [0.05, 0.1) is 16.8 Å². The standard InChI is InChI=1S/C26H22ClNO6S/c1-26(2,24(30)31)34-20-9-7-19(8-10-20)33-13-12-28-21-11-6-17(15-22(21)35-25(28)32)23(29)16-4-3-5-18(27)14-16/h3-11,14-15H,12-13H2,1-2H3,(H,30,31). The maximum Gasteiger partial charge on any atom is 0.347 e. The fourth-order valence-electron chi connectivity index (χ4n) is 3.41. The first-order valence-electron chi connectivity index (χ1n) is 10.7. The number of ketones is 1. The summed E-state index contributed by atoms with van der Waals surface area (Å²) >= 11 is 7.07. The van der Waals surface area contributed by atoms with Crippen molar-refractivity contribution in [3.63, 3.8) is 0 Å². The maximum atomic E-state index is 12.8. The largest absolute Gasteiger partial charge is 0.492 e. The van der Waals surface area contributed by atoms with Crippen LogP contribution in [-0.4, -0.2) is 33.6 Å². The van der Waals surface area contributed by atoms with E-state index in [-0.39, 0.29) is 17.3 Å². The lowest BCUT2D eigenvalue weighted by atomic mass is 10.0. The van der Waals surface area contributed by atoms with Crippen LogP contribution in [0.25, 0.3) is 10.2 Å². The summed E-state index contributed by atoms with van der Waals surface area (Å²) in [4.78, 5) is 36.4. The van der Waals surface area contributed by atoms with Crippen LogP contribution in [0.2, 0.25) is 5.02 Å². The molecule has 7 nitrogen and oxygen atoms in total. The van der Waals surface area contributed by atoms with Crippen LogP contribution < -0.4 is 14.3 Å². The highest BCUT2D eigenvalue weighted by atomic mass is 35.5. The Kier molecular flexibility index (Phi) is 6.95. The van der Waals surface area contributed by atoms with Crippen LogP contribution >= 0.6 is 22.9 Å². The quantitative estimate of drug-likeness (QED) is 0.308. The van der Waals surface area contributed by atoms with E-state index in [2.05, 4.69) is 0 Å². The van der Waals surface area contributed by atoms with E-state index in [0.717, 1.165) is 16.9 Å². The van der Waals surface area contributed by atoms with Crippen LogP contribution in [0.3, 0.4) is 0 Å². The van der Waals surface area contributed by atoms with Gasteiger partial charge in [0.2, 0.25) is 0 Å². The number of halogens is 1. The number of fused-ring (bicyclic) bond motifs is 1. The van der Waals surface area contributed by atoms with Gasteiger partial charge in [-0.3, -0.25) is 14.2 Å². The smallest absolute Gasteiger partial charge is 0.347 e. The maximum absolute atomic E-state index is 12.8. The Morgan fingerprint density at radius 3 is 2.37 bits per heavy atom. The average molecular weight is 512 g/mol. The zero-order chi connectivity index (χ0) is 25.2. The lowest BCUT2D eigenvalue weighted by Crippen LogP contribution is -2.37. The van der Waals surface area contributed by atoms with Gasteiger partial charge < -0.3 is 14.6 Å². The number of benzene rings is 3. The predicted octanol–water partition coefficient (Wildman–Crippen LogP) is 5.27. The molecule has 0 saturated heterocycles. The van der Waals surface area contributed by atoms with Crippen molar-refractivity contribution in [2.24, 2.45) is 0 Å². The van der Waals surface area contributed by atoms with Gasteiger partial charge in [0.1, 0.15) is 18.1 Å². The monoisotopic (exact) mass is 511 g/mol. The molecule has 0 aliphatic heterocycles. The third-order valence-electron chi connectivity index (χ3n) is 5.31. The highest BCUT2D eigenvalue weighted by Crippen LogP contribution is 2.24. The first-order valence-corrected chi connectivity index (χ1v) is 11.9. The van der Waals surface area contributed by atoms with Gasteiger partial charge in [0.15, 0.2) is 11.4 Å². The van der Waals surface area contributed by atoms with Crippen molar-refractivity contribution in [2.45, 2.75) is 26.0 Å².